The van der Waals surface area contributed by atoms with Crippen LogP contribution in [0.2, 0.25) is 10.2 Å². The third-order valence-electron chi connectivity index (χ3n) is 7.91. The van der Waals surface area contributed by atoms with E-state index < -0.39 is 27.0 Å². The van der Waals surface area contributed by atoms with Crippen LogP contribution in [0.5, 0.6) is 5.88 Å². The van der Waals surface area contributed by atoms with Crippen molar-refractivity contribution in [3.8, 4) is 5.88 Å². The van der Waals surface area contributed by atoms with Gasteiger partial charge in [-0.1, -0.05) is 23.2 Å². The van der Waals surface area contributed by atoms with Gasteiger partial charge >= 0.3 is 0 Å². The van der Waals surface area contributed by atoms with Crippen molar-refractivity contribution in [2.24, 2.45) is 0 Å². The van der Waals surface area contributed by atoms with Gasteiger partial charge in [0, 0.05) is 29.7 Å². The first-order valence-corrected chi connectivity index (χ1v) is 15.1. The van der Waals surface area contributed by atoms with Crippen LogP contribution in [-0.4, -0.2) is 47.6 Å². The Labute approximate surface area is 225 Å². The normalized spacial score (nSPS) is 25.8. The average molecular weight is 568 g/mol. The minimum absolute atomic E-state index is 0.00471. The molecule has 4 fully saturated rings. The maximum Gasteiger partial charge on any atom is 0.267 e. The average Bonchev–Trinajstić information content (AvgIpc) is 3.71. The van der Waals surface area contributed by atoms with Gasteiger partial charge in [0.05, 0.1) is 10.8 Å². The van der Waals surface area contributed by atoms with Gasteiger partial charge in [0.1, 0.15) is 17.1 Å². The van der Waals surface area contributed by atoms with Crippen molar-refractivity contribution in [3.63, 3.8) is 0 Å². The Hall–Kier alpha value is -1.94. The summed E-state index contributed by atoms with van der Waals surface area (Å²) in [5, 5.41) is 0.225. The summed E-state index contributed by atoms with van der Waals surface area (Å²) in [7, 11) is -3.75. The topological polar surface area (TPSA) is 88.6 Å². The zero-order chi connectivity index (χ0) is 25.9. The summed E-state index contributed by atoms with van der Waals surface area (Å²) >= 11 is 12.1. The van der Waals surface area contributed by atoms with E-state index >= 15 is 4.39 Å². The number of benzene rings is 1. The Kier molecular flexibility index (Phi) is 6.62. The van der Waals surface area contributed by atoms with E-state index in [0.717, 1.165) is 49.7 Å². The monoisotopic (exact) mass is 567 g/mol. The van der Waals surface area contributed by atoms with Crippen LogP contribution in [0.15, 0.2) is 24.3 Å². The summed E-state index contributed by atoms with van der Waals surface area (Å²) in [6, 6.07) is 6.83. The maximum absolute atomic E-state index is 15.2. The third kappa shape index (κ3) is 5.46. The summed E-state index contributed by atoms with van der Waals surface area (Å²) in [6.07, 6.45) is 6.75. The lowest BCUT2D eigenvalue weighted by Crippen LogP contribution is -2.46. The van der Waals surface area contributed by atoms with E-state index in [1.54, 1.807) is 18.2 Å². The fourth-order valence-corrected chi connectivity index (χ4v) is 7.56. The molecule has 1 amide bonds. The lowest BCUT2D eigenvalue weighted by atomic mass is 9.95. The van der Waals surface area contributed by atoms with Crippen molar-refractivity contribution >= 4 is 39.1 Å². The number of pyridine rings is 1. The fourth-order valence-electron chi connectivity index (χ4n) is 5.81. The second-order valence-electron chi connectivity index (χ2n) is 10.7. The quantitative estimate of drug-likeness (QED) is 0.441. The van der Waals surface area contributed by atoms with E-state index in [2.05, 4.69) is 14.6 Å². The zero-order valence-electron chi connectivity index (χ0n) is 20.1. The first-order valence-electron chi connectivity index (χ1n) is 12.8. The van der Waals surface area contributed by atoms with E-state index in [1.165, 1.54) is 6.07 Å². The summed E-state index contributed by atoms with van der Waals surface area (Å²) in [5.41, 5.74) is 1.63. The number of rotatable bonds is 8. The second-order valence-corrected chi connectivity index (χ2v) is 13.5. The summed E-state index contributed by atoms with van der Waals surface area (Å²) in [4.78, 5) is 19.3. The van der Waals surface area contributed by atoms with E-state index in [9.17, 15) is 13.2 Å². The van der Waals surface area contributed by atoms with Gasteiger partial charge in [-0.05, 0) is 86.6 Å². The molecule has 2 aliphatic carbocycles. The maximum atomic E-state index is 15.2. The molecule has 1 N–H and O–H groups in total. The summed E-state index contributed by atoms with van der Waals surface area (Å²) < 4.78 is 47.8. The lowest BCUT2D eigenvalue weighted by Gasteiger charge is -2.39. The Bertz CT molecular complexity index is 1320. The highest BCUT2D eigenvalue weighted by Gasteiger charge is 2.43. The number of carbonyl (C=O) groups is 1. The van der Waals surface area contributed by atoms with Gasteiger partial charge in [0.25, 0.3) is 5.91 Å². The molecule has 2 saturated carbocycles. The molecule has 2 bridgehead atoms. The van der Waals surface area contributed by atoms with Crippen molar-refractivity contribution < 1.29 is 22.3 Å². The Morgan fingerprint density at radius 1 is 1.05 bits per heavy atom. The Morgan fingerprint density at radius 2 is 1.76 bits per heavy atom. The predicted molar refractivity (Wildman–Crippen MR) is 138 cm³/mol. The lowest BCUT2D eigenvalue weighted by molar-refractivity contribution is 0.0420. The highest BCUT2D eigenvalue weighted by molar-refractivity contribution is 7.91. The van der Waals surface area contributed by atoms with Gasteiger partial charge in [0.15, 0.2) is 0 Å². The molecule has 2 aromatic rings. The molecule has 4 aliphatic rings. The zero-order valence-corrected chi connectivity index (χ0v) is 22.5. The number of aromatic nitrogens is 1. The molecular formula is C26H28Cl2FN3O4S. The number of hydrogen-bond donors (Lipinski definition) is 1. The van der Waals surface area contributed by atoms with Gasteiger partial charge in [-0.15, -0.1) is 0 Å². The molecule has 0 unspecified atom stereocenters. The molecule has 198 valence electrons. The van der Waals surface area contributed by atoms with Crippen LogP contribution in [0.1, 0.15) is 78.8 Å². The van der Waals surface area contributed by atoms with Crippen LogP contribution in [0.3, 0.4) is 0 Å². The van der Waals surface area contributed by atoms with Crippen molar-refractivity contribution in [1.82, 2.24) is 14.6 Å². The van der Waals surface area contributed by atoms with Crippen molar-refractivity contribution in [1.29, 1.82) is 0 Å². The fraction of sp³-hybridized carbons (Fsp3) is 0.538. The van der Waals surface area contributed by atoms with Gasteiger partial charge < -0.3 is 4.74 Å². The minimum atomic E-state index is -3.75. The minimum Gasteiger partial charge on any atom is -0.474 e. The molecule has 1 aromatic heterocycles. The summed E-state index contributed by atoms with van der Waals surface area (Å²) in [5.74, 6) is -0.867. The molecule has 7 nitrogen and oxygen atoms in total. The standard InChI is InChI=1S/C26H28Cl2FN3O4S/c27-16-8-24(28)30-25(9-16)36-19-10-17-3-4-18(11-19)32(17)13-15-7-23(29)22(12-21(15)14-1-2-14)26(33)31-37(34,35)20-5-6-20/h7-9,12,14,17-20H,1-6,10-11,13H2,(H,31,33)/t17-,18+,19-. The molecule has 37 heavy (non-hydrogen) atoms. The second kappa shape index (κ2) is 9.67. The number of carbonyl (C=O) groups excluding carboxylic acids is 1. The molecule has 0 spiro atoms. The van der Waals surface area contributed by atoms with Crippen molar-refractivity contribution in [2.75, 3.05) is 0 Å². The molecule has 1 aromatic carbocycles. The molecule has 2 saturated heterocycles. The van der Waals surface area contributed by atoms with Crippen LogP contribution in [0.25, 0.3) is 0 Å². The largest absolute Gasteiger partial charge is 0.474 e. The number of amides is 1. The van der Waals surface area contributed by atoms with Crippen LogP contribution < -0.4 is 9.46 Å². The third-order valence-corrected chi connectivity index (χ3v) is 10.1. The molecule has 2 aliphatic heterocycles. The molecule has 0 radical (unpaired) electrons. The first-order chi connectivity index (χ1) is 17.7. The first kappa shape index (κ1) is 25.3. The number of nitrogens with zero attached hydrogens (tertiary/aromatic N) is 2. The molecule has 6 rings (SSSR count). The Morgan fingerprint density at radius 3 is 2.38 bits per heavy atom. The number of piperidine rings is 1. The molecule has 11 heteroatoms. The van der Waals surface area contributed by atoms with Gasteiger partial charge in [-0.3, -0.25) is 9.69 Å². The van der Waals surface area contributed by atoms with Crippen LogP contribution in [0.4, 0.5) is 4.39 Å². The number of sulfonamides is 1. The SMILES string of the molecule is O=C(NS(=O)(=O)C1CC1)c1cc(C2CC2)c(CN2[C@@H]3CC[C@H]2C[C@H](Oc2cc(Cl)cc(Cl)n2)C3)cc1F. The number of nitrogens with one attached hydrogen (secondary N) is 1. The van der Waals surface area contributed by atoms with Gasteiger partial charge in [0.2, 0.25) is 15.9 Å². The van der Waals surface area contributed by atoms with E-state index in [0.29, 0.717) is 47.5 Å². The van der Waals surface area contributed by atoms with Crippen LogP contribution in [-0.2, 0) is 16.6 Å². The summed E-state index contributed by atoms with van der Waals surface area (Å²) in [6.45, 7) is 0.592. The van der Waals surface area contributed by atoms with Crippen molar-refractivity contribution in [3.05, 3.63) is 56.9 Å². The van der Waals surface area contributed by atoms with Crippen molar-refractivity contribution in [2.45, 2.75) is 87.3 Å². The highest BCUT2D eigenvalue weighted by Crippen LogP contribution is 2.45. The smallest absolute Gasteiger partial charge is 0.267 e. The van der Waals surface area contributed by atoms with E-state index in [-0.39, 0.29) is 17.6 Å². The number of fused-ring (bicyclic) bond motifs is 2. The van der Waals surface area contributed by atoms with E-state index in [1.807, 2.05) is 0 Å². The van der Waals surface area contributed by atoms with Gasteiger partial charge in [-0.25, -0.2) is 22.5 Å². The Balaban J connectivity index is 1.18. The molecule has 3 atom stereocenters. The number of halogens is 3. The van der Waals surface area contributed by atoms with Gasteiger partial charge in [-0.2, -0.15) is 0 Å². The predicted octanol–water partition coefficient (Wildman–Crippen LogP) is 5.20. The number of hydrogen-bond acceptors (Lipinski definition) is 6. The van der Waals surface area contributed by atoms with E-state index in [4.69, 9.17) is 27.9 Å². The van der Waals surface area contributed by atoms with Crippen LogP contribution >= 0.6 is 23.2 Å². The van der Waals surface area contributed by atoms with Crippen LogP contribution in [0, 0.1) is 5.82 Å². The molecular weight excluding hydrogens is 540 g/mol. The highest BCUT2D eigenvalue weighted by atomic mass is 35.5. The number of ether oxygens (including phenoxy) is 1. The molecule has 3 heterocycles.